The van der Waals surface area contributed by atoms with Gasteiger partial charge in [-0.05, 0) is 45.5 Å². The van der Waals surface area contributed by atoms with Crippen LogP contribution in [0.4, 0.5) is 5.69 Å². The van der Waals surface area contributed by atoms with Crippen LogP contribution < -0.4 is 10.2 Å². The van der Waals surface area contributed by atoms with E-state index in [-0.39, 0.29) is 5.54 Å². The van der Waals surface area contributed by atoms with Crippen LogP contribution in [0.1, 0.15) is 19.4 Å². The molecule has 0 unspecified atom stereocenters. The Hall–Kier alpha value is -1.02. The molecule has 0 amide bonds. The third-order valence-electron chi connectivity index (χ3n) is 2.91. The lowest BCUT2D eigenvalue weighted by Crippen LogP contribution is -2.48. The van der Waals surface area contributed by atoms with Crippen LogP contribution in [0.2, 0.25) is 0 Å². The van der Waals surface area contributed by atoms with Crippen LogP contribution in [-0.4, -0.2) is 26.2 Å². The molecule has 1 aromatic carbocycles. The average molecular weight is 206 g/mol. The minimum absolute atomic E-state index is 0.128. The second-order valence-electron chi connectivity index (χ2n) is 4.74. The SMILES string of the molecule is CNCC(C)(C)N(C)c1cccc(C)c1. The first kappa shape index (κ1) is 12.1. The maximum Gasteiger partial charge on any atom is 0.0466 e. The largest absolute Gasteiger partial charge is 0.368 e. The van der Waals surface area contributed by atoms with Gasteiger partial charge in [0.25, 0.3) is 0 Å². The summed E-state index contributed by atoms with van der Waals surface area (Å²) in [5.41, 5.74) is 2.71. The highest BCUT2D eigenvalue weighted by molar-refractivity contribution is 5.49. The van der Waals surface area contributed by atoms with Crippen LogP contribution in [0.3, 0.4) is 0 Å². The van der Waals surface area contributed by atoms with E-state index in [9.17, 15) is 0 Å². The van der Waals surface area contributed by atoms with E-state index in [0.717, 1.165) is 6.54 Å². The minimum atomic E-state index is 0.128. The summed E-state index contributed by atoms with van der Waals surface area (Å²) >= 11 is 0. The smallest absolute Gasteiger partial charge is 0.0466 e. The van der Waals surface area contributed by atoms with Gasteiger partial charge in [0.05, 0.1) is 0 Å². The molecule has 0 radical (unpaired) electrons. The maximum absolute atomic E-state index is 3.23. The molecule has 0 atom stereocenters. The Kier molecular flexibility index (Phi) is 3.75. The van der Waals surface area contributed by atoms with Crippen LogP contribution in [0.15, 0.2) is 24.3 Å². The molecule has 0 saturated heterocycles. The Morgan fingerprint density at radius 2 is 2.00 bits per heavy atom. The maximum atomic E-state index is 3.23. The van der Waals surface area contributed by atoms with E-state index in [1.165, 1.54) is 11.3 Å². The molecule has 0 spiro atoms. The number of aryl methyl sites for hydroxylation is 1. The fraction of sp³-hybridized carbons (Fsp3) is 0.538. The van der Waals surface area contributed by atoms with E-state index in [1.807, 2.05) is 7.05 Å². The van der Waals surface area contributed by atoms with Gasteiger partial charge >= 0.3 is 0 Å². The third kappa shape index (κ3) is 2.96. The van der Waals surface area contributed by atoms with Gasteiger partial charge in [-0.25, -0.2) is 0 Å². The van der Waals surface area contributed by atoms with E-state index in [0.29, 0.717) is 0 Å². The Bertz CT molecular complexity index is 318. The first-order valence-corrected chi connectivity index (χ1v) is 5.42. The topological polar surface area (TPSA) is 15.3 Å². The lowest BCUT2D eigenvalue weighted by Gasteiger charge is -2.37. The van der Waals surface area contributed by atoms with Crippen LogP contribution in [0.5, 0.6) is 0 Å². The van der Waals surface area contributed by atoms with Gasteiger partial charge < -0.3 is 10.2 Å². The van der Waals surface area contributed by atoms with Gasteiger partial charge in [0, 0.05) is 24.8 Å². The molecule has 0 aliphatic carbocycles. The van der Waals surface area contributed by atoms with E-state index in [2.05, 4.69) is 62.3 Å². The number of nitrogens with one attached hydrogen (secondary N) is 1. The van der Waals surface area contributed by atoms with Gasteiger partial charge in [-0.3, -0.25) is 0 Å². The molecular formula is C13H22N2. The van der Waals surface area contributed by atoms with E-state index in [1.54, 1.807) is 0 Å². The summed E-state index contributed by atoms with van der Waals surface area (Å²) in [6.45, 7) is 7.58. The Balaban J connectivity index is 2.88. The van der Waals surface area contributed by atoms with Crippen molar-refractivity contribution in [3.05, 3.63) is 29.8 Å². The number of anilines is 1. The normalized spacial score (nSPS) is 11.5. The van der Waals surface area contributed by atoms with E-state index >= 15 is 0 Å². The Labute approximate surface area is 93.3 Å². The molecule has 2 heteroatoms. The highest BCUT2D eigenvalue weighted by atomic mass is 15.2. The summed E-state index contributed by atoms with van der Waals surface area (Å²) in [5, 5.41) is 3.23. The van der Waals surface area contributed by atoms with Crippen LogP contribution in [0.25, 0.3) is 0 Å². The zero-order chi connectivity index (χ0) is 11.5. The van der Waals surface area contributed by atoms with Crippen molar-refractivity contribution in [3.8, 4) is 0 Å². The van der Waals surface area contributed by atoms with Crippen LogP contribution >= 0.6 is 0 Å². The molecule has 0 fully saturated rings. The third-order valence-corrected chi connectivity index (χ3v) is 2.91. The summed E-state index contributed by atoms with van der Waals surface area (Å²) in [6.07, 6.45) is 0. The van der Waals surface area contributed by atoms with Crippen molar-refractivity contribution >= 4 is 5.69 Å². The lowest BCUT2D eigenvalue weighted by molar-refractivity contribution is 0.463. The van der Waals surface area contributed by atoms with Crippen molar-refractivity contribution in [1.82, 2.24) is 5.32 Å². The van der Waals surface area contributed by atoms with Crippen molar-refractivity contribution in [2.24, 2.45) is 0 Å². The lowest BCUT2D eigenvalue weighted by atomic mass is 10.0. The fourth-order valence-corrected chi connectivity index (χ4v) is 1.74. The number of benzene rings is 1. The first-order valence-electron chi connectivity index (χ1n) is 5.42. The van der Waals surface area contributed by atoms with Crippen molar-refractivity contribution in [2.45, 2.75) is 26.3 Å². The number of hydrogen-bond donors (Lipinski definition) is 1. The monoisotopic (exact) mass is 206 g/mol. The minimum Gasteiger partial charge on any atom is -0.368 e. The molecule has 0 aliphatic rings. The summed E-state index contributed by atoms with van der Waals surface area (Å²) < 4.78 is 0. The molecule has 0 aliphatic heterocycles. The van der Waals surface area contributed by atoms with Gasteiger partial charge in [0.2, 0.25) is 0 Å². The van der Waals surface area contributed by atoms with Gasteiger partial charge in [-0.1, -0.05) is 12.1 Å². The molecule has 2 nitrogen and oxygen atoms in total. The highest BCUT2D eigenvalue weighted by Crippen LogP contribution is 2.22. The van der Waals surface area contributed by atoms with E-state index < -0.39 is 0 Å². The summed E-state index contributed by atoms with van der Waals surface area (Å²) in [4.78, 5) is 2.32. The first-order chi connectivity index (χ1) is 6.97. The second-order valence-corrected chi connectivity index (χ2v) is 4.74. The highest BCUT2D eigenvalue weighted by Gasteiger charge is 2.22. The Morgan fingerprint density at radius 1 is 1.33 bits per heavy atom. The van der Waals surface area contributed by atoms with Crippen molar-refractivity contribution in [3.63, 3.8) is 0 Å². The average Bonchev–Trinajstić information content (AvgIpc) is 2.16. The van der Waals surface area contributed by atoms with Crippen LogP contribution in [0, 0.1) is 6.92 Å². The van der Waals surface area contributed by atoms with Gasteiger partial charge in [0.15, 0.2) is 0 Å². The molecule has 15 heavy (non-hydrogen) atoms. The summed E-state index contributed by atoms with van der Waals surface area (Å²) in [6, 6.07) is 8.61. The predicted octanol–water partition coefficient (Wildman–Crippen LogP) is 2.43. The van der Waals surface area contributed by atoms with Crippen molar-refractivity contribution in [2.75, 3.05) is 25.5 Å². The van der Waals surface area contributed by atoms with Crippen LogP contribution in [-0.2, 0) is 0 Å². The van der Waals surface area contributed by atoms with E-state index in [4.69, 9.17) is 0 Å². The molecule has 0 bridgehead atoms. The number of rotatable bonds is 4. The number of hydrogen-bond acceptors (Lipinski definition) is 2. The quantitative estimate of drug-likeness (QED) is 0.814. The molecular weight excluding hydrogens is 184 g/mol. The van der Waals surface area contributed by atoms with Crippen molar-refractivity contribution in [1.29, 1.82) is 0 Å². The number of nitrogens with zero attached hydrogens (tertiary/aromatic N) is 1. The Morgan fingerprint density at radius 3 is 2.53 bits per heavy atom. The molecule has 1 rings (SSSR count). The zero-order valence-corrected chi connectivity index (χ0v) is 10.5. The molecule has 0 saturated carbocycles. The summed E-state index contributed by atoms with van der Waals surface area (Å²) in [5.74, 6) is 0. The molecule has 84 valence electrons. The zero-order valence-electron chi connectivity index (χ0n) is 10.5. The fourth-order valence-electron chi connectivity index (χ4n) is 1.74. The second kappa shape index (κ2) is 4.67. The standard InChI is InChI=1S/C13H22N2/c1-11-7-6-8-12(9-11)15(5)13(2,3)10-14-4/h6-9,14H,10H2,1-5H3. The van der Waals surface area contributed by atoms with Gasteiger partial charge in [-0.15, -0.1) is 0 Å². The molecule has 0 heterocycles. The van der Waals surface area contributed by atoms with Gasteiger partial charge in [-0.2, -0.15) is 0 Å². The molecule has 1 aromatic rings. The summed E-state index contributed by atoms with van der Waals surface area (Å²) in [7, 11) is 4.14. The van der Waals surface area contributed by atoms with Gasteiger partial charge in [0.1, 0.15) is 0 Å². The predicted molar refractivity (Wildman–Crippen MR) is 67.6 cm³/mol. The molecule has 0 aromatic heterocycles. The molecule has 1 N–H and O–H groups in total. The number of likely N-dealkylation sites (N-methyl/N-ethyl adjacent to an activating group) is 2. The van der Waals surface area contributed by atoms with Crippen molar-refractivity contribution < 1.29 is 0 Å².